The number of rotatable bonds is 1. The van der Waals surface area contributed by atoms with Crippen LogP contribution in [0.5, 0.6) is 0 Å². The summed E-state index contributed by atoms with van der Waals surface area (Å²) in [5.74, 6) is 0.480. The molecule has 0 bridgehead atoms. The van der Waals surface area contributed by atoms with E-state index in [0.29, 0.717) is 5.88 Å². The van der Waals surface area contributed by atoms with Crippen molar-refractivity contribution in [2.45, 2.75) is 12.8 Å². The number of aryl methyl sites for hydroxylation is 1. The quantitative estimate of drug-likeness (QED) is 0.663. The highest BCUT2D eigenvalue weighted by molar-refractivity contribution is 9.10. The second-order valence-corrected chi connectivity index (χ2v) is 3.18. The summed E-state index contributed by atoms with van der Waals surface area (Å²) in [6.07, 6.45) is 1.77. The molecule has 0 spiro atoms. The number of aromatic nitrogens is 1. The first-order valence-electron chi connectivity index (χ1n) is 2.91. The molecule has 1 nitrogen and oxygen atoms in total. The van der Waals surface area contributed by atoms with E-state index >= 15 is 0 Å². The number of alkyl halides is 1. The summed E-state index contributed by atoms with van der Waals surface area (Å²) in [5.41, 5.74) is 2.09. The Bertz CT molecular complexity index is 237. The van der Waals surface area contributed by atoms with Crippen molar-refractivity contribution in [3.63, 3.8) is 0 Å². The first-order chi connectivity index (χ1) is 4.74. The van der Waals surface area contributed by atoms with Crippen molar-refractivity contribution < 1.29 is 0 Å². The predicted molar refractivity (Wildman–Crippen MR) is 46.2 cm³/mol. The third kappa shape index (κ3) is 1.70. The van der Waals surface area contributed by atoms with Crippen LogP contribution in [0.3, 0.4) is 0 Å². The first kappa shape index (κ1) is 8.02. The molecule has 1 aromatic rings. The zero-order chi connectivity index (χ0) is 7.56. The van der Waals surface area contributed by atoms with E-state index in [1.807, 2.05) is 13.0 Å². The molecule has 0 saturated carbocycles. The molecular formula is C7H7BrClN. The van der Waals surface area contributed by atoms with Gasteiger partial charge in [-0.3, -0.25) is 4.98 Å². The molecule has 0 aliphatic rings. The van der Waals surface area contributed by atoms with Gasteiger partial charge in [0.05, 0.1) is 11.6 Å². The Hall–Kier alpha value is -0.0800. The van der Waals surface area contributed by atoms with Crippen LogP contribution in [0.1, 0.15) is 11.3 Å². The van der Waals surface area contributed by atoms with Gasteiger partial charge in [0.25, 0.3) is 0 Å². The SMILES string of the molecule is Cc1cc(CCl)ncc1Br. The van der Waals surface area contributed by atoms with E-state index in [2.05, 4.69) is 20.9 Å². The molecule has 3 heteroatoms. The molecule has 1 aromatic heterocycles. The van der Waals surface area contributed by atoms with Crippen molar-refractivity contribution in [1.29, 1.82) is 0 Å². The number of hydrogen-bond acceptors (Lipinski definition) is 1. The highest BCUT2D eigenvalue weighted by atomic mass is 79.9. The summed E-state index contributed by atoms with van der Waals surface area (Å²) in [6.45, 7) is 2.02. The fourth-order valence-corrected chi connectivity index (χ4v) is 1.03. The molecule has 0 unspecified atom stereocenters. The van der Waals surface area contributed by atoms with Crippen LogP contribution in [0.25, 0.3) is 0 Å². The minimum absolute atomic E-state index is 0.480. The summed E-state index contributed by atoms with van der Waals surface area (Å²) in [6, 6.07) is 1.97. The maximum atomic E-state index is 5.57. The van der Waals surface area contributed by atoms with Gasteiger partial charge in [0.2, 0.25) is 0 Å². The number of pyridine rings is 1. The van der Waals surface area contributed by atoms with Gasteiger partial charge in [0.15, 0.2) is 0 Å². The molecule has 54 valence electrons. The second kappa shape index (κ2) is 3.35. The Kier molecular flexibility index (Phi) is 2.69. The van der Waals surface area contributed by atoms with E-state index in [1.165, 1.54) is 5.56 Å². The summed E-state index contributed by atoms with van der Waals surface area (Å²) < 4.78 is 1.03. The maximum absolute atomic E-state index is 5.57. The molecule has 0 aliphatic heterocycles. The van der Waals surface area contributed by atoms with Gasteiger partial charge in [-0.1, -0.05) is 0 Å². The summed E-state index contributed by atoms with van der Waals surface area (Å²) >= 11 is 8.93. The fourth-order valence-electron chi connectivity index (χ4n) is 0.671. The minimum atomic E-state index is 0.480. The van der Waals surface area contributed by atoms with Crippen molar-refractivity contribution in [2.24, 2.45) is 0 Å². The van der Waals surface area contributed by atoms with E-state index in [1.54, 1.807) is 6.20 Å². The van der Waals surface area contributed by atoms with Crippen LogP contribution >= 0.6 is 27.5 Å². The third-order valence-electron chi connectivity index (χ3n) is 1.24. The molecule has 1 heterocycles. The fraction of sp³-hybridized carbons (Fsp3) is 0.286. The average Bonchev–Trinajstić information content (AvgIpc) is 1.95. The highest BCUT2D eigenvalue weighted by Crippen LogP contribution is 2.15. The first-order valence-corrected chi connectivity index (χ1v) is 4.24. The molecule has 0 aliphatic carbocycles. The van der Waals surface area contributed by atoms with Crippen molar-refractivity contribution in [3.8, 4) is 0 Å². The van der Waals surface area contributed by atoms with Gasteiger partial charge in [-0.15, -0.1) is 11.6 Å². The molecule has 10 heavy (non-hydrogen) atoms. The van der Waals surface area contributed by atoms with Crippen LogP contribution in [0.4, 0.5) is 0 Å². The number of halogens is 2. The van der Waals surface area contributed by atoms with Gasteiger partial charge >= 0.3 is 0 Å². The van der Waals surface area contributed by atoms with Crippen molar-refractivity contribution >= 4 is 27.5 Å². The standard InChI is InChI=1S/C7H7BrClN/c1-5-2-6(3-9)10-4-7(5)8/h2,4H,3H2,1H3. The largest absolute Gasteiger partial charge is 0.259 e. The summed E-state index contributed by atoms with van der Waals surface area (Å²) in [4.78, 5) is 4.08. The Labute approximate surface area is 73.6 Å². The molecule has 0 atom stereocenters. The van der Waals surface area contributed by atoms with Crippen LogP contribution in [-0.2, 0) is 5.88 Å². The lowest BCUT2D eigenvalue weighted by molar-refractivity contribution is 1.14. The molecule has 0 radical (unpaired) electrons. The molecule has 0 aromatic carbocycles. The van der Waals surface area contributed by atoms with E-state index in [9.17, 15) is 0 Å². The van der Waals surface area contributed by atoms with Crippen LogP contribution in [0.15, 0.2) is 16.7 Å². The van der Waals surface area contributed by atoms with Crippen molar-refractivity contribution in [1.82, 2.24) is 4.98 Å². The summed E-state index contributed by atoms with van der Waals surface area (Å²) in [5, 5.41) is 0. The molecule has 0 amide bonds. The van der Waals surface area contributed by atoms with Gasteiger partial charge in [0, 0.05) is 10.7 Å². The van der Waals surface area contributed by atoms with Crippen LogP contribution < -0.4 is 0 Å². The van der Waals surface area contributed by atoms with Crippen molar-refractivity contribution in [3.05, 3.63) is 28.0 Å². The van der Waals surface area contributed by atoms with E-state index in [0.717, 1.165) is 10.2 Å². The minimum Gasteiger partial charge on any atom is -0.259 e. The van der Waals surface area contributed by atoms with Gasteiger partial charge in [-0.05, 0) is 34.5 Å². The Balaban J connectivity index is 3.04. The van der Waals surface area contributed by atoms with E-state index in [4.69, 9.17) is 11.6 Å². The molecule has 1 rings (SSSR count). The van der Waals surface area contributed by atoms with E-state index < -0.39 is 0 Å². The normalized spacial score (nSPS) is 9.90. The lowest BCUT2D eigenvalue weighted by atomic mass is 10.2. The monoisotopic (exact) mass is 219 g/mol. The molecule has 0 saturated heterocycles. The van der Waals surface area contributed by atoms with Gasteiger partial charge in [-0.2, -0.15) is 0 Å². The van der Waals surface area contributed by atoms with E-state index in [-0.39, 0.29) is 0 Å². The third-order valence-corrected chi connectivity index (χ3v) is 2.34. The molecule has 0 fully saturated rings. The average molecular weight is 220 g/mol. The molecular weight excluding hydrogens is 213 g/mol. The lowest BCUT2D eigenvalue weighted by Gasteiger charge is -1.98. The Morgan fingerprint density at radius 3 is 2.90 bits per heavy atom. The lowest BCUT2D eigenvalue weighted by Crippen LogP contribution is -1.86. The zero-order valence-electron chi connectivity index (χ0n) is 5.56. The highest BCUT2D eigenvalue weighted by Gasteiger charge is 1.95. The smallest absolute Gasteiger partial charge is 0.0647 e. The Morgan fingerprint density at radius 2 is 2.40 bits per heavy atom. The van der Waals surface area contributed by atoms with Gasteiger partial charge in [0.1, 0.15) is 0 Å². The topological polar surface area (TPSA) is 12.9 Å². The van der Waals surface area contributed by atoms with Crippen LogP contribution in [0, 0.1) is 6.92 Å². The number of nitrogens with zero attached hydrogens (tertiary/aromatic N) is 1. The predicted octanol–water partition coefficient (Wildman–Crippen LogP) is 2.89. The maximum Gasteiger partial charge on any atom is 0.0647 e. The van der Waals surface area contributed by atoms with Gasteiger partial charge < -0.3 is 0 Å². The van der Waals surface area contributed by atoms with Crippen molar-refractivity contribution in [2.75, 3.05) is 0 Å². The number of hydrogen-bond donors (Lipinski definition) is 0. The summed E-state index contributed by atoms with van der Waals surface area (Å²) in [7, 11) is 0. The van der Waals surface area contributed by atoms with Gasteiger partial charge in [-0.25, -0.2) is 0 Å². The second-order valence-electron chi connectivity index (χ2n) is 2.06. The van der Waals surface area contributed by atoms with Crippen LogP contribution in [0.2, 0.25) is 0 Å². The molecule has 0 N–H and O–H groups in total. The zero-order valence-corrected chi connectivity index (χ0v) is 7.91. The Morgan fingerprint density at radius 1 is 1.70 bits per heavy atom. The van der Waals surface area contributed by atoms with Crippen LogP contribution in [-0.4, -0.2) is 4.98 Å².